The molecule has 2 atom stereocenters. The molecule has 0 bridgehead atoms. The monoisotopic (exact) mass is 299 g/mol. The summed E-state index contributed by atoms with van der Waals surface area (Å²) in [6.07, 6.45) is 0.665. The minimum Gasteiger partial charge on any atom is -0.297 e. The highest BCUT2D eigenvalue weighted by Crippen LogP contribution is 2.45. The van der Waals surface area contributed by atoms with E-state index in [4.69, 9.17) is 9.05 Å². The average Bonchev–Trinajstić information content (AvgIpc) is 2.43. The first-order chi connectivity index (χ1) is 9.47. The van der Waals surface area contributed by atoms with Crippen LogP contribution in [0.1, 0.15) is 45.6 Å². The van der Waals surface area contributed by atoms with Crippen molar-refractivity contribution in [2.75, 3.05) is 13.2 Å². The molecular formula is C15H26NO3P. The highest BCUT2D eigenvalue weighted by atomic mass is 31.2. The standard InChI is InChI=1S/C15H26NO3P/c1-5-11-18-20(17,19-13(2)3)16-12-14(4)15-9-7-6-8-10-15/h6-10,13-14H,5,11-12H2,1-4H3,(H,16,17). The quantitative estimate of drug-likeness (QED) is 0.689. The summed E-state index contributed by atoms with van der Waals surface area (Å²) >= 11 is 0. The van der Waals surface area contributed by atoms with Crippen LogP contribution in [-0.2, 0) is 13.6 Å². The van der Waals surface area contributed by atoms with Crippen LogP contribution in [0.15, 0.2) is 30.3 Å². The Hall–Kier alpha value is -0.670. The lowest BCUT2D eigenvalue weighted by molar-refractivity contribution is 0.160. The Morgan fingerprint density at radius 1 is 1.20 bits per heavy atom. The molecule has 1 N–H and O–H groups in total. The molecule has 0 radical (unpaired) electrons. The van der Waals surface area contributed by atoms with Gasteiger partial charge in [-0.05, 0) is 31.7 Å². The van der Waals surface area contributed by atoms with Crippen molar-refractivity contribution in [1.82, 2.24) is 5.09 Å². The molecule has 1 aromatic rings. The van der Waals surface area contributed by atoms with Gasteiger partial charge in [0.25, 0.3) is 0 Å². The van der Waals surface area contributed by atoms with Gasteiger partial charge in [-0.3, -0.25) is 9.05 Å². The van der Waals surface area contributed by atoms with Crippen LogP contribution in [0.25, 0.3) is 0 Å². The topological polar surface area (TPSA) is 47.6 Å². The van der Waals surface area contributed by atoms with Gasteiger partial charge in [0.1, 0.15) is 0 Å². The van der Waals surface area contributed by atoms with E-state index in [9.17, 15) is 4.57 Å². The van der Waals surface area contributed by atoms with Crippen molar-refractivity contribution >= 4 is 7.75 Å². The van der Waals surface area contributed by atoms with Crippen LogP contribution in [0.4, 0.5) is 0 Å². The van der Waals surface area contributed by atoms with E-state index in [-0.39, 0.29) is 12.0 Å². The van der Waals surface area contributed by atoms with Gasteiger partial charge < -0.3 is 0 Å². The van der Waals surface area contributed by atoms with E-state index < -0.39 is 7.75 Å². The van der Waals surface area contributed by atoms with Crippen LogP contribution in [0.2, 0.25) is 0 Å². The van der Waals surface area contributed by atoms with Crippen LogP contribution in [0.5, 0.6) is 0 Å². The maximum atomic E-state index is 12.6. The van der Waals surface area contributed by atoms with Crippen molar-refractivity contribution in [1.29, 1.82) is 0 Å². The molecule has 0 aliphatic carbocycles. The van der Waals surface area contributed by atoms with Crippen LogP contribution in [0.3, 0.4) is 0 Å². The lowest BCUT2D eigenvalue weighted by Gasteiger charge is -2.23. The molecule has 5 heteroatoms. The second-order valence-corrected chi connectivity index (χ2v) is 6.94. The zero-order valence-corrected chi connectivity index (χ0v) is 13.7. The lowest BCUT2D eigenvalue weighted by Crippen LogP contribution is -2.22. The largest absolute Gasteiger partial charge is 0.405 e. The first-order valence-electron chi connectivity index (χ1n) is 7.20. The Labute approximate surface area is 122 Å². The summed E-state index contributed by atoms with van der Waals surface area (Å²) in [5.74, 6) is 0.241. The van der Waals surface area contributed by atoms with Crippen molar-refractivity contribution in [3.8, 4) is 0 Å². The SMILES string of the molecule is CCCOP(=O)(NCC(C)c1ccccc1)OC(C)C. The number of rotatable bonds is 9. The molecule has 0 aliphatic rings. The Morgan fingerprint density at radius 3 is 2.40 bits per heavy atom. The number of hydrogen-bond donors (Lipinski definition) is 1. The number of nitrogens with one attached hydrogen (secondary N) is 1. The predicted octanol–water partition coefficient (Wildman–Crippen LogP) is 4.34. The molecule has 0 saturated carbocycles. The summed E-state index contributed by atoms with van der Waals surface area (Å²) in [7, 11) is -3.22. The van der Waals surface area contributed by atoms with E-state index in [1.165, 1.54) is 5.56 Å². The Morgan fingerprint density at radius 2 is 1.85 bits per heavy atom. The highest BCUT2D eigenvalue weighted by Gasteiger charge is 2.26. The Bertz CT molecular complexity index is 422. The molecule has 0 aliphatic heterocycles. The molecule has 0 heterocycles. The maximum absolute atomic E-state index is 12.6. The fraction of sp³-hybridized carbons (Fsp3) is 0.600. The van der Waals surface area contributed by atoms with Crippen LogP contribution < -0.4 is 5.09 Å². The van der Waals surface area contributed by atoms with Crippen LogP contribution in [-0.4, -0.2) is 19.3 Å². The third-order valence-electron chi connectivity index (χ3n) is 2.77. The van der Waals surface area contributed by atoms with Crippen molar-refractivity contribution < 1.29 is 13.6 Å². The van der Waals surface area contributed by atoms with Crippen molar-refractivity contribution in [2.24, 2.45) is 0 Å². The second-order valence-electron chi connectivity index (χ2n) is 5.16. The molecule has 0 amide bonds. The molecule has 0 spiro atoms. The summed E-state index contributed by atoms with van der Waals surface area (Å²) < 4.78 is 23.4. The molecule has 0 fully saturated rings. The minimum atomic E-state index is -3.22. The van der Waals surface area contributed by atoms with Gasteiger partial charge in [0, 0.05) is 6.54 Å². The predicted molar refractivity (Wildman–Crippen MR) is 82.9 cm³/mol. The van der Waals surface area contributed by atoms with E-state index in [2.05, 4.69) is 24.1 Å². The van der Waals surface area contributed by atoms with Crippen LogP contribution >= 0.6 is 7.75 Å². The highest BCUT2D eigenvalue weighted by molar-refractivity contribution is 7.51. The van der Waals surface area contributed by atoms with Gasteiger partial charge in [0.15, 0.2) is 0 Å². The van der Waals surface area contributed by atoms with Crippen molar-refractivity contribution in [3.63, 3.8) is 0 Å². The third-order valence-corrected chi connectivity index (χ3v) is 4.57. The maximum Gasteiger partial charge on any atom is 0.405 e. The van der Waals surface area contributed by atoms with Gasteiger partial charge in [-0.2, -0.15) is 0 Å². The zero-order chi connectivity index (χ0) is 15.0. The first-order valence-corrected chi connectivity index (χ1v) is 8.74. The van der Waals surface area contributed by atoms with Gasteiger partial charge in [0.05, 0.1) is 12.7 Å². The summed E-state index contributed by atoms with van der Waals surface area (Å²) in [5, 5.41) is 2.97. The Kier molecular flexibility index (Phi) is 7.46. The molecule has 0 aromatic heterocycles. The van der Waals surface area contributed by atoms with Gasteiger partial charge >= 0.3 is 7.75 Å². The Balaban J connectivity index is 2.59. The zero-order valence-electron chi connectivity index (χ0n) is 12.8. The molecule has 114 valence electrons. The molecule has 2 unspecified atom stereocenters. The average molecular weight is 299 g/mol. The summed E-state index contributed by atoms with van der Waals surface area (Å²) in [6.45, 7) is 8.75. The van der Waals surface area contributed by atoms with Crippen LogP contribution in [0, 0.1) is 0 Å². The first kappa shape index (κ1) is 17.4. The normalized spacial score (nSPS) is 16.1. The molecule has 0 saturated heterocycles. The van der Waals surface area contributed by atoms with E-state index in [0.717, 1.165) is 6.42 Å². The summed E-state index contributed by atoms with van der Waals surface area (Å²) in [4.78, 5) is 0. The molecule has 20 heavy (non-hydrogen) atoms. The fourth-order valence-electron chi connectivity index (χ4n) is 1.75. The smallest absolute Gasteiger partial charge is 0.297 e. The summed E-state index contributed by atoms with van der Waals surface area (Å²) in [6, 6.07) is 10.1. The van der Waals surface area contributed by atoms with Gasteiger partial charge in [0.2, 0.25) is 0 Å². The molecule has 1 aromatic carbocycles. The van der Waals surface area contributed by atoms with Crippen molar-refractivity contribution in [2.45, 2.75) is 46.1 Å². The number of hydrogen-bond acceptors (Lipinski definition) is 3. The fourth-order valence-corrected chi connectivity index (χ4v) is 3.45. The van der Waals surface area contributed by atoms with Gasteiger partial charge in [-0.15, -0.1) is 0 Å². The third kappa shape index (κ3) is 6.19. The summed E-state index contributed by atoms with van der Waals surface area (Å²) in [5.41, 5.74) is 1.20. The number of benzene rings is 1. The molecular weight excluding hydrogens is 273 g/mol. The van der Waals surface area contributed by atoms with E-state index >= 15 is 0 Å². The van der Waals surface area contributed by atoms with E-state index in [1.807, 2.05) is 39.0 Å². The second kappa shape index (κ2) is 8.58. The van der Waals surface area contributed by atoms with E-state index in [0.29, 0.717) is 13.2 Å². The van der Waals surface area contributed by atoms with Crippen molar-refractivity contribution in [3.05, 3.63) is 35.9 Å². The molecule has 1 rings (SSSR count). The lowest BCUT2D eigenvalue weighted by atomic mass is 10.0. The molecule has 4 nitrogen and oxygen atoms in total. The van der Waals surface area contributed by atoms with Gasteiger partial charge in [-0.25, -0.2) is 9.65 Å². The van der Waals surface area contributed by atoms with Gasteiger partial charge in [-0.1, -0.05) is 44.2 Å². The van der Waals surface area contributed by atoms with E-state index in [1.54, 1.807) is 0 Å². The minimum absolute atomic E-state index is 0.141.